The number of anilines is 1. The van der Waals surface area contributed by atoms with E-state index in [1.165, 1.54) is 0 Å². The van der Waals surface area contributed by atoms with Gasteiger partial charge in [-0.05, 0) is 18.2 Å². The summed E-state index contributed by atoms with van der Waals surface area (Å²) in [6.07, 6.45) is 0.830. The predicted octanol–water partition coefficient (Wildman–Crippen LogP) is 3.79. The summed E-state index contributed by atoms with van der Waals surface area (Å²) in [6, 6.07) is 14.9. The van der Waals surface area contributed by atoms with Crippen LogP contribution in [0, 0.1) is 5.92 Å². The lowest BCUT2D eigenvalue weighted by Gasteiger charge is -2.33. The molecule has 4 heteroatoms. The highest BCUT2D eigenvalue weighted by atomic mass is 79.9. The number of carbonyl (C=O) groups excluding carboxylic acids is 2. The number of para-hydroxylation sites is 1. The summed E-state index contributed by atoms with van der Waals surface area (Å²) in [5.41, 5.74) is 1.13. The third-order valence-corrected chi connectivity index (χ3v) is 4.74. The van der Waals surface area contributed by atoms with E-state index in [0.29, 0.717) is 5.56 Å². The van der Waals surface area contributed by atoms with Gasteiger partial charge in [0.05, 0.1) is 0 Å². The number of rotatable bonds is 3. The third-order valence-electron chi connectivity index (χ3n) is 4.05. The molecule has 0 saturated heterocycles. The first-order valence-electron chi connectivity index (χ1n) is 6.73. The molecule has 2 aromatic rings. The van der Waals surface area contributed by atoms with Gasteiger partial charge in [-0.2, -0.15) is 0 Å². The van der Waals surface area contributed by atoms with Crippen LogP contribution in [0.5, 0.6) is 0 Å². The van der Waals surface area contributed by atoms with Crippen LogP contribution in [0.15, 0.2) is 53.0 Å². The van der Waals surface area contributed by atoms with Gasteiger partial charge in [-0.1, -0.05) is 53.2 Å². The lowest BCUT2D eigenvalue weighted by Crippen LogP contribution is -2.45. The molecule has 0 aromatic heterocycles. The number of Topliss-reactive ketones (excluding diaryl/α,β-unsaturated/α-hetero) is 1. The minimum absolute atomic E-state index is 0.0652. The van der Waals surface area contributed by atoms with Crippen molar-refractivity contribution in [1.29, 1.82) is 0 Å². The molecule has 3 nitrogen and oxygen atoms in total. The molecular weight excluding hydrogens is 330 g/mol. The normalized spacial score (nSPS) is 21.5. The van der Waals surface area contributed by atoms with E-state index in [1.54, 1.807) is 13.0 Å². The number of benzene rings is 2. The number of ketones is 1. The quantitative estimate of drug-likeness (QED) is 0.862. The van der Waals surface area contributed by atoms with Crippen LogP contribution < -0.4 is 5.32 Å². The molecule has 1 heterocycles. The van der Waals surface area contributed by atoms with Crippen LogP contribution in [0.4, 0.5) is 5.69 Å². The monoisotopic (exact) mass is 343 g/mol. The lowest BCUT2D eigenvalue weighted by molar-refractivity contribution is -0.111. The van der Waals surface area contributed by atoms with Crippen LogP contribution in [0.2, 0.25) is 0 Å². The van der Waals surface area contributed by atoms with Gasteiger partial charge in [-0.15, -0.1) is 0 Å². The molecule has 1 N–H and O–H groups in total. The lowest BCUT2D eigenvalue weighted by atomic mass is 9.76. The Bertz CT molecular complexity index is 728. The number of carbonyl (C=O) groups is 2. The highest BCUT2D eigenvalue weighted by Crippen LogP contribution is 2.45. The first-order chi connectivity index (χ1) is 10.1. The summed E-state index contributed by atoms with van der Waals surface area (Å²) in [5.74, 6) is -0.555. The third kappa shape index (κ3) is 1.94. The van der Waals surface area contributed by atoms with E-state index >= 15 is 0 Å². The summed E-state index contributed by atoms with van der Waals surface area (Å²) in [4.78, 5) is 24.5. The number of hydrogen-bond acceptors (Lipinski definition) is 3. The Morgan fingerprint density at radius 2 is 1.81 bits per heavy atom. The molecule has 0 aliphatic carbocycles. The summed E-state index contributed by atoms with van der Waals surface area (Å²) < 4.78 is 0.812. The highest BCUT2D eigenvalue weighted by molar-refractivity contribution is 9.10. The van der Waals surface area contributed by atoms with Crippen LogP contribution in [0.1, 0.15) is 22.8 Å². The van der Waals surface area contributed by atoms with Gasteiger partial charge in [0, 0.05) is 27.2 Å². The number of aldehydes is 1. The summed E-state index contributed by atoms with van der Waals surface area (Å²) in [5, 5.41) is 3.29. The fraction of sp³-hybridized carbons (Fsp3) is 0.176. The number of fused-ring (bicyclic) bond motifs is 1. The van der Waals surface area contributed by atoms with Gasteiger partial charge in [-0.25, -0.2) is 0 Å². The van der Waals surface area contributed by atoms with Gasteiger partial charge in [0.2, 0.25) is 0 Å². The van der Waals surface area contributed by atoms with Crippen molar-refractivity contribution < 1.29 is 9.59 Å². The summed E-state index contributed by atoms with van der Waals surface area (Å²) >= 11 is 3.50. The fourth-order valence-electron chi connectivity index (χ4n) is 2.91. The van der Waals surface area contributed by atoms with Crippen molar-refractivity contribution in [3.63, 3.8) is 0 Å². The Morgan fingerprint density at radius 3 is 2.48 bits per heavy atom. The van der Waals surface area contributed by atoms with Crippen molar-refractivity contribution >= 4 is 33.7 Å². The topological polar surface area (TPSA) is 46.2 Å². The van der Waals surface area contributed by atoms with Crippen molar-refractivity contribution in [1.82, 2.24) is 0 Å². The Morgan fingerprint density at radius 1 is 1.14 bits per heavy atom. The first kappa shape index (κ1) is 14.0. The molecule has 0 radical (unpaired) electrons. The van der Waals surface area contributed by atoms with Gasteiger partial charge >= 0.3 is 0 Å². The van der Waals surface area contributed by atoms with E-state index in [9.17, 15) is 9.59 Å². The minimum atomic E-state index is -1.05. The Hall–Kier alpha value is -1.94. The first-order valence-corrected chi connectivity index (χ1v) is 7.53. The van der Waals surface area contributed by atoms with Crippen molar-refractivity contribution in [2.75, 3.05) is 5.32 Å². The van der Waals surface area contributed by atoms with E-state index < -0.39 is 11.5 Å². The summed E-state index contributed by atoms with van der Waals surface area (Å²) in [6.45, 7) is 1.77. The minimum Gasteiger partial charge on any atom is -0.368 e. The Labute approximate surface area is 131 Å². The predicted molar refractivity (Wildman–Crippen MR) is 85.4 cm³/mol. The summed E-state index contributed by atoms with van der Waals surface area (Å²) in [7, 11) is 0. The van der Waals surface area contributed by atoms with E-state index in [0.717, 1.165) is 22.0 Å². The molecule has 0 unspecified atom stereocenters. The van der Waals surface area contributed by atoms with Crippen LogP contribution in [-0.2, 0) is 10.3 Å². The van der Waals surface area contributed by atoms with E-state index in [1.807, 2.05) is 42.5 Å². The zero-order valence-electron chi connectivity index (χ0n) is 11.5. The van der Waals surface area contributed by atoms with Crippen molar-refractivity contribution in [3.05, 3.63) is 64.1 Å². The molecule has 106 valence electrons. The Balaban J connectivity index is 2.25. The van der Waals surface area contributed by atoms with Gasteiger partial charge in [-0.3, -0.25) is 4.79 Å². The van der Waals surface area contributed by atoms with Gasteiger partial charge in [0.15, 0.2) is 5.78 Å². The SMILES string of the molecule is C[C@H](C=O)[C@@]1(c2ccccc2Br)Nc2ccccc2C1=O. The van der Waals surface area contributed by atoms with E-state index in [2.05, 4.69) is 21.2 Å². The largest absolute Gasteiger partial charge is 0.368 e. The van der Waals surface area contributed by atoms with Gasteiger partial charge in [0.1, 0.15) is 11.8 Å². The second-order valence-corrected chi connectivity index (χ2v) is 6.07. The second-order valence-electron chi connectivity index (χ2n) is 5.21. The average molecular weight is 344 g/mol. The fourth-order valence-corrected chi connectivity index (χ4v) is 3.51. The molecule has 3 rings (SSSR count). The smallest absolute Gasteiger partial charge is 0.195 e. The van der Waals surface area contributed by atoms with Gasteiger partial charge in [0.25, 0.3) is 0 Å². The molecule has 1 aliphatic heterocycles. The average Bonchev–Trinajstić information content (AvgIpc) is 2.81. The van der Waals surface area contributed by atoms with Crippen LogP contribution in [-0.4, -0.2) is 12.1 Å². The van der Waals surface area contributed by atoms with E-state index in [-0.39, 0.29) is 5.78 Å². The number of hydrogen-bond donors (Lipinski definition) is 1. The zero-order valence-corrected chi connectivity index (χ0v) is 13.1. The maximum atomic E-state index is 13.0. The van der Waals surface area contributed by atoms with Crippen molar-refractivity contribution in [3.8, 4) is 0 Å². The highest BCUT2D eigenvalue weighted by Gasteiger charge is 2.51. The molecular formula is C17H14BrNO2. The second kappa shape index (κ2) is 5.11. The molecule has 2 aromatic carbocycles. The molecule has 0 saturated carbocycles. The van der Waals surface area contributed by atoms with Crippen LogP contribution >= 0.6 is 15.9 Å². The van der Waals surface area contributed by atoms with Crippen LogP contribution in [0.3, 0.4) is 0 Å². The Kier molecular flexibility index (Phi) is 3.41. The molecule has 2 atom stereocenters. The maximum Gasteiger partial charge on any atom is 0.195 e. The zero-order chi connectivity index (χ0) is 15.0. The maximum absolute atomic E-state index is 13.0. The van der Waals surface area contributed by atoms with Crippen LogP contribution in [0.25, 0.3) is 0 Å². The molecule has 0 amide bonds. The molecule has 1 aliphatic rings. The molecule has 0 spiro atoms. The van der Waals surface area contributed by atoms with E-state index in [4.69, 9.17) is 0 Å². The number of halogens is 1. The van der Waals surface area contributed by atoms with Gasteiger partial charge < -0.3 is 10.1 Å². The molecule has 0 bridgehead atoms. The van der Waals surface area contributed by atoms with Crippen molar-refractivity contribution in [2.24, 2.45) is 5.92 Å². The molecule has 0 fully saturated rings. The van der Waals surface area contributed by atoms with Crippen molar-refractivity contribution in [2.45, 2.75) is 12.5 Å². The molecule has 21 heavy (non-hydrogen) atoms. The standard InChI is InChI=1S/C17H14BrNO2/c1-11(10-20)17(13-7-3-4-8-14(13)18)16(21)12-6-2-5-9-15(12)19-17/h2-11,19H,1H3/t11-,17+/m1/s1. The number of nitrogens with one attached hydrogen (secondary N) is 1.